The van der Waals surface area contributed by atoms with Crippen molar-refractivity contribution in [2.24, 2.45) is 0 Å². The second-order valence-electron chi connectivity index (χ2n) is 14.6. The number of anilines is 3. The second kappa shape index (κ2) is 24.8. The molecule has 0 radical (unpaired) electrons. The number of nitrogens with one attached hydrogen (secondary N) is 4. The Morgan fingerprint density at radius 3 is 1.82 bits per heavy atom. The number of ether oxygens (including phenoxy) is 6. The Kier molecular flexibility index (Phi) is 19.9. The summed E-state index contributed by atoms with van der Waals surface area (Å²) in [6.07, 6.45) is -0.0212. The number of hydrogen-bond donors (Lipinski definition) is 5. The molecule has 0 saturated carbocycles. The largest absolute Gasteiger partial charge is 0.544 e. The number of carbonyl (C=O) groups is 4. The van der Waals surface area contributed by atoms with Gasteiger partial charge in [-0.05, 0) is 59.5 Å². The number of aliphatic carboxylic acids is 1. The van der Waals surface area contributed by atoms with Crippen LogP contribution in [0.1, 0.15) is 31.4 Å². The monoisotopic (exact) mass is 890 g/mol. The van der Waals surface area contributed by atoms with Gasteiger partial charge in [0.15, 0.2) is 0 Å². The van der Waals surface area contributed by atoms with Gasteiger partial charge in [-0.3, -0.25) is 14.5 Å². The fraction of sp³-hybridized carbons (Fsp3) is 0.476. The Hall–Kier alpha value is -4.56. The number of halogens is 2. The van der Waals surface area contributed by atoms with Gasteiger partial charge in [-0.1, -0.05) is 49.2 Å². The van der Waals surface area contributed by atoms with Crippen LogP contribution in [-0.4, -0.2) is 127 Å². The highest BCUT2D eigenvalue weighted by atomic mass is 35.5. The lowest BCUT2D eigenvalue weighted by molar-refractivity contribution is -0.396. The molecule has 0 aromatic heterocycles. The molecule has 1 fully saturated rings. The Labute approximate surface area is 365 Å². The number of quaternary nitrogens is 1. The summed E-state index contributed by atoms with van der Waals surface area (Å²) < 4.78 is 34.7. The van der Waals surface area contributed by atoms with E-state index >= 15 is 0 Å². The molecule has 0 spiro atoms. The molecule has 0 aliphatic carbocycles. The minimum absolute atomic E-state index is 0.0212. The summed E-state index contributed by atoms with van der Waals surface area (Å²) in [7, 11) is 1.44. The normalized spacial score (nSPS) is 19.2. The van der Waals surface area contributed by atoms with E-state index in [0.717, 1.165) is 5.56 Å². The van der Waals surface area contributed by atoms with E-state index in [-0.39, 0.29) is 24.4 Å². The zero-order valence-corrected chi connectivity index (χ0v) is 36.3. The van der Waals surface area contributed by atoms with E-state index in [1.54, 1.807) is 36.4 Å². The van der Waals surface area contributed by atoms with Crippen molar-refractivity contribution >= 4 is 64.1 Å². The molecule has 2 heterocycles. The van der Waals surface area contributed by atoms with Crippen molar-refractivity contribution in [1.29, 1.82) is 0 Å². The van der Waals surface area contributed by atoms with Crippen molar-refractivity contribution in [3.05, 3.63) is 81.8 Å². The van der Waals surface area contributed by atoms with E-state index in [4.69, 9.17) is 51.6 Å². The first-order valence-electron chi connectivity index (χ1n) is 19.9. The lowest BCUT2D eigenvalue weighted by Crippen LogP contribution is -2.62. The van der Waals surface area contributed by atoms with Crippen LogP contribution in [0, 0.1) is 0 Å². The first-order valence-corrected chi connectivity index (χ1v) is 20.6. The van der Waals surface area contributed by atoms with Gasteiger partial charge in [-0.25, -0.2) is 4.79 Å². The van der Waals surface area contributed by atoms with Crippen LogP contribution in [0.15, 0.2) is 60.7 Å². The van der Waals surface area contributed by atoms with Gasteiger partial charge in [0.1, 0.15) is 12.3 Å². The summed E-state index contributed by atoms with van der Waals surface area (Å²) in [5.74, 6) is -2.28. The van der Waals surface area contributed by atoms with Gasteiger partial charge < -0.3 is 65.3 Å². The maximum absolute atomic E-state index is 14.4. The second-order valence-corrected chi connectivity index (χ2v) is 15.5. The van der Waals surface area contributed by atoms with Crippen LogP contribution in [0.4, 0.5) is 21.9 Å². The van der Waals surface area contributed by atoms with E-state index in [0.29, 0.717) is 113 Å². The number of rotatable bonds is 8. The van der Waals surface area contributed by atoms with Crippen molar-refractivity contribution in [3.63, 3.8) is 0 Å². The molecule has 0 unspecified atom stereocenters. The highest BCUT2D eigenvalue weighted by molar-refractivity contribution is 6.31. The highest BCUT2D eigenvalue weighted by Gasteiger charge is 2.56. The number of urea groups is 1. The molecule has 3 aromatic rings. The number of nitrogens with zero attached hydrogens (tertiary/aromatic N) is 1. The Morgan fingerprint density at radius 1 is 0.721 bits per heavy atom. The Balaban J connectivity index is 0.00000155. The lowest BCUT2D eigenvalue weighted by Gasteiger charge is -2.44. The van der Waals surface area contributed by atoms with Crippen LogP contribution in [0.3, 0.4) is 0 Å². The molecule has 1 saturated heterocycles. The fourth-order valence-electron chi connectivity index (χ4n) is 6.48. The van der Waals surface area contributed by atoms with Crippen LogP contribution in [0.2, 0.25) is 10.0 Å². The van der Waals surface area contributed by atoms with Gasteiger partial charge in [0.25, 0.3) is 17.4 Å². The van der Waals surface area contributed by atoms with Gasteiger partial charge in [0, 0.05) is 60.1 Å². The average Bonchev–Trinajstić information content (AvgIpc) is 3.22. The minimum Gasteiger partial charge on any atom is -0.544 e. The van der Waals surface area contributed by atoms with Crippen molar-refractivity contribution in [1.82, 2.24) is 10.2 Å². The third kappa shape index (κ3) is 15.7. The van der Waals surface area contributed by atoms with Gasteiger partial charge >= 0.3 is 6.03 Å². The predicted octanol–water partition coefficient (Wildman–Crippen LogP) is 2.70. The van der Waals surface area contributed by atoms with Gasteiger partial charge in [-0.15, -0.1) is 0 Å². The van der Waals surface area contributed by atoms with Crippen LogP contribution in [0.25, 0.3) is 0 Å². The molecule has 1 atom stereocenters. The highest BCUT2D eigenvalue weighted by Crippen LogP contribution is 2.50. The van der Waals surface area contributed by atoms with Crippen LogP contribution >= 0.6 is 23.2 Å². The van der Waals surface area contributed by atoms with Crippen LogP contribution in [-0.2, 0) is 50.0 Å². The number of benzene rings is 3. The van der Waals surface area contributed by atoms with Crippen molar-refractivity contribution < 1.29 is 58.4 Å². The quantitative estimate of drug-likeness (QED) is 0.206. The third-order valence-electron chi connectivity index (χ3n) is 9.45. The summed E-state index contributed by atoms with van der Waals surface area (Å²) in [6, 6.07) is 16.7. The smallest absolute Gasteiger partial charge is 0.323 e. The molecular weight excluding hydrogens is 835 g/mol. The van der Waals surface area contributed by atoms with E-state index in [1.807, 2.05) is 32.0 Å². The molecule has 19 heteroatoms. The van der Waals surface area contributed by atoms with Crippen molar-refractivity contribution in [2.75, 3.05) is 109 Å². The molecule has 61 heavy (non-hydrogen) atoms. The zero-order valence-electron chi connectivity index (χ0n) is 34.8. The van der Waals surface area contributed by atoms with Crippen molar-refractivity contribution in [2.45, 2.75) is 37.8 Å². The lowest BCUT2D eigenvalue weighted by atomic mass is 9.71. The number of fused-ring (bicyclic) bond motifs is 1. The van der Waals surface area contributed by atoms with Crippen LogP contribution in [0.5, 0.6) is 5.75 Å². The minimum atomic E-state index is -2.02. The molecule has 334 valence electrons. The summed E-state index contributed by atoms with van der Waals surface area (Å²) in [5, 5.41) is 21.1. The maximum atomic E-state index is 14.4. The summed E-state index contributed by atoms with van der Waals surface area (Å²) in [4.78, 5) is 52.8. The summed E-state index contributed by atoms with van der Waals surface area (Å²) in [5.41, 5.74) is 2.91. The number of carboxylic acids is 1. The van der Waals surface area contributed by atoms with Gasteiger partial charge in [0.05, 0.1) is 77.7 Å². The number of amides is 4. The predicted molar refractivity (Wildman–Crippen MR) is 228 cm³/mol. The third-order valence-corrected chi connectivity index (χ3v) is 9.92. The van der Waals surface area contributed by atoms with Crippen molar-refractivity contribution in [3.8, 4) is 5.75 Å². The zero-order chi connectivity index (χ0) is 44.3. The molecule has 2 aliphatic rings. The van der Waals surface area contributed by atoms with E-state index in [2.05, 4.69) is 31.9 Å². The van der Waals surface area contributed by atoms with E-state index in [1.165, 1.54) is 13.1 Å². The molecule has 7 N–H and O–H groups in total. The van der Waals surface area contributed by atoms with Crippen LogP contribution < -0.4 is 36.8 Å². The number of likely N-dealkylation sites (N-methyl/N-ethyl adjacent to an activating group) is 1. The summed E-state index contributed by atoms with van der Waals surface area (Å²) in [6.45, 7) is 10.3. The SMILES string of the molecule is CNC(=O)[C@@]1(C(=O)Nc2cccc(CN3CCOCCOCCOCCOCCOCC3)c2)CC(C)(C)c2cc(Cl)cc(NC(=O)Nc3ccc(Cl)cc3)c2O1.[NH3+]CC(=O)[O-]. The fourth-order valence-corrected chi connectivity index (χ4v) is 6.82. The average molecular weight is 892 g/mol. The molecule has 4 amide bonds. The Bertz CT molecular complexity index is 1890. The van der Waals surface area contributed by atoms with E-state index in [9.17, 15) is 24.3 Å². The van der Waals surface area contributed by atoms with E-state index < -0.39 is 34.8 Å². The molecule has 0 bridgehead atoms. The molecule has 17 nitrogen and oxygen atoms in total. The standard InChI is InChI=1S/C40H51Cl2N5O9.C2H5NO2/c1-39(2)27-40(36(48)43-3,56-35-33(39)24-30(42)25-34(35)46-38(50)45-31-9-7-29(41)8-10-31)37(49)44-32-6-4-5-28(23-32)26-47-11-13-51-15-17-53-19-21-55-22-20-54-18-16-52-14-12-47;3-1-2(4)5/h4-10,23-25H,11-22,26-27H2,1-3H3,(H,43,48)(H,44,49)(H2,45,46,50);1,3H2,(H,4,5)/t40-;/m1./s1. The molecule has 3 aromatic carbocycles. The number of hydrogen-bond acceptors (Lipinski definition) is 12. The first-order chi connectivity index (χ1) is 29.3. The number of carbonyl (C=O) groups excluding carboxylic acids is 4. The molecular formula is C42H56Cl2N6O11. The van der Waals surface area contributed by atoms with Gasteiger partial charge in [-0.2, -0.15) is 0 Å². The topological polar surface area (TPSA) is 226 Å². The molecule has 2 aliphatic heterocycles. The first kappa shape index (κ1) is 49.1. The maximum Gasteiger partial charge on any atom is 0.323 e. The molecule has 5 rings (SSSR count). The van der Waals surface area contributed by atoms with Gasteiger partial charge in [0.2, 0.25) is 0 Å². The number of carboxylic acid groups (broad SMARTS) is 1. The Morgan fingerprint density at radius 2 is 1.28 bits per heavy atom. The summed E-state index contributed by atoms with van der Waals surface area (Å²) >= 11 is 12.5.